The first-order valence-electron chi connectivity index (χ1n) is 12.6. The van der Waals surface area contributed by atoms with Crippen LogP contribution in [0.4, 0.5) is 0 Å². The molecule has 1 heterocycles. The molecule has 5 rings (SSSR count). The molecule has 0 radical (unpaired) electrons. The zero-order valence-corrected chi connectivity index (χ0v) is 21.3. The molecule has 0 amide bonds. The van der Waals surface area contributed by atoms with E-state index < -0.39 is 89.6 Å². The fraction of sp³-hybridized carbons (Fsp3) is 0.481. The Hall–Kier alpha value is -3.10. The van der Waals surface area contributed by atoms with E-state index in [-0.39, 0.29) is 40.8 Å². The summed E-state index contributed by atoms with van der Waals surface area (Å²) < 4.78 is 17.1. The fourth-order valence-electron chi connectivity index (χ4n) is 5.84. The highest BCUT2D eigenvalue weighted by atomic mass is 16.7. The van der Waals surface area contributed by atoms with E-state index in [2.05, 4.69) is 0 Å². The lowest BCUT2D eigenvalue weighted by Gasteiger charge is -2.44. The van der Waals surface area contributed by atoms with Gasteiger partial charge in [0.25, 0.3) is 0 Å². The average molecular weight is 546 g/mol. The molecule has 12 heteroatoms. The van der Waals surface area contributed by atoms with E-state index in [1.807, 2.05) is 0 Å². The maximum absolute atomic E-state index is 13.7. The molecule has 2 aromatic rings. The molecule has 0 aromatic heterocycles. The minimum atomic E-state index is -2.05. The van der Waals surface area contributed by atoms with Gasteiger partial charge in [-0.15, -0.1) is 0 Å². The summed E-state index contributed by atoms with van der Waals surface area (Å²) in [6.45, 7) is 0.768. The van der Waals surface area contributed by atoms with Crippen molar-refractivity contribution in [1.82, 2.24) is 0 Å². The summed E-state index contributed by atoms with van der Waals surface area (Å²) >= 11 is 0. The van der Waals surface area contributed by atoms with Gasteiger partial charge in [0.2, 0.25) is 5.78 Å². The number of methoxy groups -OCH3 is 1. The van der Waals surface area contributed by atoms with Crippen molar-refractivity contribution >= 4 is 11.6 Å². The van der Waals surface area contributed by atoms with Crippen LogP contribution in [0, 0.1) is 0 Å². The number of phenols is 2. The molecule has 210 valence electrons. The van der Waals surface area contributed by atoms with Crippen LogP contribution in [0.2, 0.25) is 0 Å². The maximum Gasteiger partial charge on any atom is 0.202 e. The number of benzene rings is 2. The molecular formula is C27H31NO11. The first kappa shape index (κ1) is 27.5. The minimum absolute atomic E-state index is 0.0343. The second kappa shape index (κ2) is 9.82. The third-order valence-electron chi connectivity index (χ3n) is 7.97. The zero-order valence-electron chi connectivity index (χ0n) is 21.3. The van der Waals surface area contributed by atoms with Crippen molar-refractivity contribution in [3.05, 3.63) is 51.6 Å². The van der Waals surface area contributed by atoms with E-state index in [1.54, 1.807) is 6.92 Å². The van der Waals surface area contributed by atoms with Crippen molar-refractivity contribution in [1.29, 1.82) is 0 Å². The number of aliphatic hydroxyl groups excluding tert-OH is 3. The molecule has 39 heavy (non-hydrogen) atoms. The summed E-state index contributed by atoms with van der Waals surface area (Å²) in [5.74, 6) is -2.68. The average Bonchev–Trinajstić information content (AvgIpc) is 2.90. The lowest BCUT2D eigenvalue weighted by molar-refractivity contribution is -0.251. The van der Waals surface area contributed by atoms with Gasteiger partial charge in [-0.3, -0.25) is 9.59 Å². The molecule has 8 N–H and O–H groups in total. The van der Waals surface area contributed by atoms with Crippen molar-refractivity contribution in [3.63, 3.8) is 0 Å². The first-order valence-corrected chi connectivity index (χ1v) is 12.6. The highest BCUT2D eigenvalue weighted by Gasteiger charge is 2.50. The molecular weight excluding hydrogens is 514 g/mol. The number of rotatable bonds is 5. The smallest absolute Gasteiger partial charge is 0.202 e. The van der Waals surface area contributed by atoms with Crippen LogP contribution in [0.3, 0.4) is 0 Å². The third-order valence-corrected chi connectivity index (χ3v) is 7.97. The van der Waals surface area contributed by atoms with Gasteiger partial charge >= 0.3 is 0 Å². The van der Waals surface area contributed by atoms with Crippen LogP contribution in [0.5, 0.6) is 17.2 Å². The molecule has 1 aliphatic heterocycles. The van der Waals surface area contributed by atoms with Gasteiger partial charge in [0, 0.05) is 42.0 Å². The predicted molar refractivity (Wildman–Crippen MR) is 133 cm³/mol. The monoisotopic (exact) mass is 545 g/mol. The van der Waals surface area contributed by atoms with Crippen LogP contribution in [0.1, 0.15) is 68.8 Å². The van der Waals surface area contributed by atoms with E-state index in [0.29, 0.717) is 0 Å². The number of hydrogen-bond acceptors (Lipinski definition) is 12. The summed E-state index contributed by atoms with van der Waals surface area (Å²) in [6.07, 6.45) is -6.45. The van der Waals surface area contributed by atoms with Gasteiger partial charge in [-0.25, -0.2) is 0 Å². The largest absolute Gasteiger partial charge is 0.507 e. The molecule has 3 aliphatic rings. The molecule has 7 atom stereocenters. The van der Waals surface area contributed by atoms with Gasteiger partial charge in [0.15, 0.2) is 12.1 Å². The highest BCUT2D eigenvalue weighted by Crippen LogP contribution is 2.52. The van der Waals surface area contributed by atoms with Gasteiger partial charge in [0.1, 0.15) is 23.4 Å². The van der Waals surface area contributed by atoms with Crippen LogP contribution >= 0.6 is 0 Å². The summed E-state index contributed by atoms with van der Waals surface area (Å²) in [4.78, 5) is 27.2. The molecule has 0 unspecified atom stereocenters. The van der Waals surface area contributed by atoms with Gasteiger partial charge in [0.05, 0.1) is 54.3 Å². The van der Waals surface area contributed by atoms with Crippen molar-refractivity contribution in [2.24, 2.45) is 5.73 Å². The van der Waals surface area contributed by atoms with Crippen LogP contribution in [-0.4, -0.2) is 92.2 Å². The van der Waals surface area contributed by atoms with Gasteiger partial charge < -0.3 is 50.6 Å². The van der Waals surface area contributed by atoms with Crippen molar-refractivity contribution < 1.29 is 54.4 Å². The third kappa shape index (κ3) is 4.19. The Balaban J connectivity index is 1.68. The van der Waals surface area contributed by atoms with E-state index >= 15 is 0 Å². The molecule has 1 saturated heterocycles. The van der Waals surface area contributed by atoms with Crippen LogP contribution in [0.15, 0.2) is 18.2 Å². The number of carbonyl (C=O) groups is 2. The number of ketones is 2. The number of hydrogen-bond donors (Lipinski definition) is 7. The number of ether oxygens (including phenoxy) is 3. The number of fused-ring (bicyclic) bond motifs is 3. The predicted octanol–water partition coefficient (Wildman–Crippen LogP) is -0.207. The lowest BCUT2D eigenvalue weighted by Crippen LogP contribution is -2.53. The SMILES string of the molecule is COc1cccc2c1C(=O)c1c(O)c3c(c(O)c1C2=O)C[C@@](O)([C@H](O)CO)C[C@@H]3O[C@H]1C[C@@H](N)[C@@H](O)[C@H](C)O1. The van der Waals surface area contributed by atoms with Gasteiger partial charge in [-0.2, -0.15) is 0 Å². The second-order valence-corrected chi connectivity index (χ2v) is 10.3. The van der Waals surface area contributed by atoms with E-state index in [0.717, 1.165) is 0 Å². The van der Waals surface area contributed by atoms with Crippen molar-refractivity contribution in [2.75, 3.05) is 13.7 Å². The quantitative estimate of drug-likeness (QED) is 0.208. The van der Waals surface area contributed by atoms with Crippen molar-refractivity contribution in [3.8, 4) is 17.2 Å². The number of nitrogens with two attached hydrogens (primary N) is 1. The molecule has 12 nitrogen and oxygen atoms in total. The van der Waals surface area contributed by atoms with E-state index in [4.69, 9.17) is 19.9 Å². The Kier molecular flexibility index (Phi) is 6.92. The summed E-state index contributed by atoms with van der Waals surface area (Å²) in [7, 11) is 1.33. The van der Waals surface area contributed by atoms with Gasteiger partial charge in [-0.1, -0.05) is 12.1 Å². The molecule has 0 spiro atoms. The van der Waals surface area contributed by atoms with Crippen LogP contribution < -0.4 is 10.5 Å². The first-order chi connectivity index (χ1) is 18.4. The molecule has 0 saturated carbocycles. The Labute approximate surface area is 223 Å². The molecule has 0 bridgehead atoms. The molecule has 2 aromatic carbocycles. The Morgan fingerprint density at radius 2 is 1.85 bits per heavy atom. The van der Waals surface area contributed by atoms with E-state index in [1.165, 1.54) is 25.3 Å². The van der Waals surface area contributed by atoms with Crippen LogP contribution in [0.25, 0.3) is 0 Å². The minimum Gasteiger partial charge on any atom is -0.507 e. The molecule has 1 fully saturated rings. The number of phenolic OH excluding ortho intramolecular Hbond substituents is 2. The number of carbonyl (C=O) groups excluding carboxylic acids is 2. The Morgan fingerprint density at radius 3 is 2.49 bits per heavy atom. The van der Waals surface area contributed by atoms with Crippen LogP contribution in [-0.2, 0) is 15.9 Å². The standard InChI is InChI=1S/C27H31NO11/c1-10-22(31)13(28)6-17(38-10)39-15-8-27(36,16(30)9-29)7-12-19(15)26(35)21-20(24(12)33)23(32)11-4-3-5-14(37-2)18(11)25(21)34/h3-5,10,13,15-17,22,29-31,33,35-36H,6-9,28H2,1-2H3/t10-,13+,15-,16+,17-,22-,27-/m0/s1. The zero-order chi connectivity index (χ0) is 28.4. The summed E-state index contributed by atoms with van der Waals surface area (Å²) in [6, 6.07) is 3.69. The summed E-state index contributed by atoms with van der Waals surface area (Å²) in [5.41, 5.74) is 2.77. The maximum atomic E-state index is 13.7. The Bertz CT molecular complexity index is 1330. The van der Waals surface area contributed by atoms with Crippen molar-refractivity contribution in [2.45, 2.75) is 68.5 Å². The Morgan fingerprint density at radius 1 is 1.15 bits per heavy atom. The lowest BCUT2D eigenvalue weighted by atomic mass is 9.71. The second-order valence-electron chi connectivity index (χ2n) is 10.3. The van der Waals surface area contributed by atoms with Gasteiger partial charge in [-0.05, 0) is 13.0 Å². The normalized spacial score (nSPS) is 30.8. The fourth-order valence-corrected chi connectivity index (χ4v) is 5.84. The number of aromatic hydroxyl groups is 2. The molecule has 2 aliphatic carbocycles. The number of aliphatic hydroxyl groups is 4. The topological polar surface area (TPSA) is 209 Å². The van der Waals surface area contributed by atoms with E-state index in [9.17, 15) is 40.2 Å². The summed E-state index contributed by atoms with van der Waals surface area (Å²) in [5, 5.41) is 64.4. The highest BCUT2D eigenvalue weighted by molar-refractivity contribution is 6.31.